The van der Waals surface area contributed by atoms with Crippen LogP contribution in [0.1, 0.15) is 32.1 Å². The van der Waals surface area contributed by atoms with E-state index in [4.69, 9.17) is 9.57 Å². The van der Waals surface area contributed by atoms with Gasteiger partial charge in [-0.3, -0.25) is 9.63 Å². The molecule has 18 heavy (non-hydrogen) atoms. The van der Waals surface area contributed by atoms with Crippen molar-refractivity contribution in [1.82, 2.24) is 10.6 Å². The Morgan fingerprint density at radius 3 is 2.72 bits per heavy atom. The third-order valence-electron chi connectivity index (χ3n) is 3.58. The van der Waals surface area contributed by atoms with Gasteiger partial charge in [-0.25, -0.2) is 5.43 Å². The minimum Gasteiger partial charge on any atom is -0.480 e. The van der Waals surface area contributed by atoms with Crippen LogP contribution in [-0.2, 0) is 14.4 Å². The van der Waals surface area contributed by atoms with Gasteiger partial charge in [0, 0.05) is 0 Å². The predicted octanol–water partition coefficient (Wildman–Crippen LogP) is 0.788. The molecule has 1 atom stereocenters. The zero-order valence-corrected chi connectivity index (χ0v) is 10.6. The largest absolute Gasteiger partial charge is 0.480 e. The standard InChI is InChI=1S/C12H22N2O4/c15-12(16)11(10-4-2-1-3-5-10)13-14-6-7-17-8-9-18-14/h10-11,13H,1-9H2,(H,15,16)/t11-/m1/s1. The van der Waals surface area contributed by atoms with Crippen LogP contribution >= 0.6 is 0 Å². The Morgan fingerprint density at radius 1 is 1.22 bits per heavy atom. The van der Waals surface area contributed by atoms with Crippen molar-refractivity contribution in [2.45, 2.75) is 38.1 Å². The molecule has 2 N–H and O–H groups in total. The van der Waals surface area contributed by atoms with E-state index in [1.54, 1.807) is 0 Å². The fourth-order valence-corrected chi connectivity index (χ4v) is 2.61. The smallest absolute Gasteiger partial charge is 0.322 e. The van der Waals surface area contributed by atoms with Crippen LogP contribution in [0.3, 0.4) is 0 Å². The number of ether oxygens (including phenoxy) is 1. The number of rotatable bonds is 4. The summed E-state index contributed by atoms with van der Waals surface area (Å²) in [6.07, 6.45) is 5.43. The van der Waals surface area contributed by atoms with Gasteiger partial charge in [0.05, 0.1) is 26.4 Å². The van der Waals surface area contributed by atoms with E-state index < -0.39 is 12.0 Å². The van der Waals surface area contributed by atoms with Gasteiger partial charge in [0.2, 0.25) is 0 Å². The Morgan fingerprint density at radius 2 is 2.00 bits per heavy atom. The fraction of sp³-hybridized carbons (Fsp3) is 0.917. The quantitative estimate of drug-likeness (QED) is 0.777. The molecule has 2 fully saturated rings. The molecule has 1 saturated heterocycles. The molecular weight excluding hydrogens is 236 g/mol. The van der Waals surface area contributed by atoms with Crippen molar-refractivity contribution in [3.63, 3.8) is 0 Å². The molecule has 2 rings (SSSR count). The number of hydrogen-bond acceptors (Lipinski definition) is 5. The summed E-state index contributed by atoms with van der Waals surface area (Å²) in [5.41, 5.74) is 3.00. The number of aliphatic carboxylic acids is 1. The van der Waals surface area contributed by atoms with Crippen LogP contribution < -0.4 is 5.43 Å². The predicted molar refractivity (Wildman–Crippen MR) is 64.6 cm³/mol. The van der Waals surface area contributed by atoms with E-state index in [-0.39, 0.29) is 5.92 Å². The van der Waals surface area contributed by atoms with Gasteiger partial charge >= 0.3 is 5.97 Å². The van der Waals surface area contributed by atoms with Gasteiger partial charge < -0.3 is 9.84 Å². The van der Waals surface area contributed by atoms with Crippen LogP contribution in [0.2, 0.25) is 0 Å². The van der Waals surface area contributed by atoms with Crippen molar-refractivity contribution in [3.8, 4) is 0 Å². The van der Waals surface area contributed by atoms with Crippen LogP contribution in [0.25, 0.3) is 0 Å². The molecule has 0 bridgehead atoms. The zero-order valence-electron chi connectivity index (χ0n) is 10.6. The summed E-state index contributed by atoms with van der Waals surface area (Å²) >= 11 is 0. The van der Waals surface area contributed by atoms with Gasteiger partial charge in [-0.1, -0.05) is 19.3 Å². The molecule has 0 aromatic carbocycles. The number of hydrogen-bond donors (Lipinski definition) is 2. The minimum atomic E-state index is -0.796. The normalized spacial score (nSPS) is 25.6. The number of hydroxylamine groups is 1. The van der Waals surface area contributed by atoms with E-state index in [2.05, 4.69) is 5.43 Å². The van der Waals surface area contributed by atoms with Crippen molar-refractivity contribution in [1.29, 1.82) is 0 Å². The van der Waals surface area contributed by atoms with E-state index in [1.807, 2.05) is 0 Å². The average molecular weight is 258 g/mol. The van der Waals surface area contributed by atoms with E-state index in [0.29, 0.717) is 26.4 Å². The van der Waals surface area contributed by atoms with Crippen molar-refractivity contribution < 1.29 is 19.5 Å². The maximum absolute atomic E-state index is 11.4. The van der Waals surface area contributed by atoms with Crippen molar-refractivity contribution in [2.75, 3.05) is 26.4 Å². The van der Waals surface area contributed by atoms with Crippen molar-refractivity contribution in [2.24, 2.45) is 5.92 Å². The third kappa shape index (κ3) is 3.91. The second kappa shape index (κ2) is 7.04. The summed E-state index contributed by atoms with van der Waals surface area (Å²) in [5.74, 6) is -0.598. The van der Waals surface area contributed by atoms with Crippen LogP contribution in [0.4, 0.5) is 0 Å². The van der Waals surface area contributed by atoms with Gasteiger partial charge in [-0.05, 0) is 18.8 Å². The van der Waals surface area contributed by atoms with E-state index in [1.165, 1.54) is 11.6 Å². The number of carboxylic acids is 1. The van der Waals surface area contributed by atoms with Crippen molar-refractivity contribution >= 4 is 5.97 Å². The van der Waals surface area contributed by atoms with Crippen LogP contribution in [0.5, 0.6) is 0 Å². The van der Waals surface area contributed by atoms with Gasteiger partial charge in [0.1, 0.15) is 6.04 Å². The Bertz CT molecular complexity index is 261. The molecule has 104 valence electrons. The molecule has 1 aliphatic carbocycles. The second-order valence-corrected chi connectivity index (χ2v) is 4.89. The Hall–Kier alpha value is -0.690. The molecule has 0 radical (unpaired) electrons. The van der Waals surface area contributed by atoms with Gasteiger partial charge in [-0.15, -0.1) is 5.17 Å². The highest BCUT2D eigenvalue weighted by Gasteiger charge is 2.31. The lowest BCUT2D eigenvalue weighted by Crippen LogP contribution is -2.52. The van der Waals surface area contributed by atoms with E-state index in [9.17, 15) is 9.90 Å². The zero-order chi connectivity index (χ0) is 12.8. The molecule has 1 aliphatic heterocycles. The minimum absolute atomic E-state index is 0.198. The highest BCUT2D eigenvalue weighted by Crippen LogP contribution is 2.26. The number of nitrogens with zero attached hydrogens (tertiary/aromatic N) is 1. The Kier molecular flexibility index (Phi) is 5.37. The summed E-state index contributed by atoms with van der Waals surface area (Å²) in [7, 11) is 0. The number of carboxylic acid groups (broad SMARTS) is 1. The first-order valence-corrected chi connectivity index (χ1v) is 6.74. The number of carbonyl (C=O) groups is 1. The molecule has 6 nitrogen and oxygen atoms in total. The summed E-state index contributed by atoms with van der Waals surface area (Å²) < 4.78 is 5.26. The van der Waals surface area contributed by atoms with Gasteiger partial charge in [0.15, 0.2) is 0 Å². The maximum Gasteiger partial charge on any atom is 0.322 e. The average Bonchev–Trinajstić information content (AvgIpc) is 2.65. The lowest BCUT2D eigenvalue weighted by Gasteiger charge is -2.31. The van der Waals surface area contributed by atoms with Crippen LogP contribution in [-0.4, -0.2) is 48.7 Å². The number of nitrogens with one attached hydrogen (secondary N) is 1. The van der Waals surface area contributed by atoms with E-state index in [0.717, 1.165) is 25.7 Å². The third-order valence-corrected chi connectivity index (χ3v) is 3.58. The number of hydrazine groups is 1. The first-order valence-electron chi connectivity index (χ1n) is 6.74. The maximum atomic E-state index is 11.4. The monoisotopic (exact) mass is 258 g/mol. The second-order valence-electron chi connectivity index (χ2n) is 4.89. The molecule has 0 spiro atoms. The van der Waals surface area contributed by atoms with Gasteiger partial charge in [0.25, 0.3) is 0 Å². The first-order chi connectivity index (χ1) is 8.77. The lowest BCUT2D eigenvalue weighted by molar-refractivity contribution is -0.201. The Balaban J connectivity index is 1.89. The lowest BCUT2D eigenvalue weighted by atomic mass is 9.84. The van der Waals surface area contributed by atoms with Gasteiger partial charge in [-0.2, -0.15) is 0 Å². The highest BCUT2D eigenvalue weighted by molar-refractivity contribution is 5.73. The summed E-state index contributed by atoms with van der Waals surface area (Å²) in [4.78, 5) is 16.8. The Labute approximate surface area is 107 Å². The first kappa shape index (κ1) is 13.7. The SMILES string of the molecule is O=C(O)[C@H](NN1CCOCCO1)C1CCCCC1. The van der Waals surface area contributed by atoms with Crippen molar-refractivity contribution in [3.05, 3.63) is 0 Å². The molecule has 0 aromatic heterocycles. The summed E-state index contributed by atoms with van der Waals surface area (Å²) in [5, 5.41) is 10.9. The topological polar surface area (TPSA) is 71.0 Å². The summed E-state index contributed by atoms with van der Waals surface area (Å²) in [6, 6.07) is -0.552. The highest BCUT2D eigenvalue weighted by atomic mass is 16.7. The molecule has 6 heteroatoms. The molecular formula is C12H22N2O4. The molecule has 0 amide bonds. The molecule has 0 unspecified atom stereocenters. The molecule has 1 heterocycles. The molecule has 0 aromatic rings. The molecule has 1 saturated carbocycles. The molecule has 2 aliphatic rings. The van der Waals surface area contributed by atoms with Crippen LogP contribution in [0.15, 0.2) is 0 Å². The fourth-order valence-electron chi connectivity index (χ4n) is 2.61. The van der Waals surface area contributed by atoms with Crippen LogP contribution in [0, 0.1) is 5.92 Å². The summed E-state index contributed by atoms with van der Waals surface area (Å²) in [6.45, 7) is 2.13. The van der Waals surface area contributed by atoms with E-state index >= 15 is 0 Å².